The van der Waals surface area contributed by atoms with Gasteiger partial charge in [-0.3, -0.25) is 4.79 Å². The van der Waals surface area contributed by atoms with Crippen LogP contribution in [0.5, 0.6) is 0 Å². The van der Waals surface area contributed by atoms with E-state index in [1.807, 2.05) is 18.2 Å². The van der Waals surface area contributed by atoms with Gasteiger partial charge in [0.05, 0.1) is 16.4 Å². The minimum atomic E-state index is -0.334. The van der Waals surface area contributed by atoms with Gasteiger partial charge in [-0.25, -0.2) is 4.98 Å². The predicted molar refractivity (Wildman–Crippen MR) is 80.5 cm³/mol. The van der Waals surface area contributed by atoms with E-state index in [2.05, 4.69) is 26.2 Å². The molecule has 0 spiro atoms. The summed E-state index contributed by atoms with van der Waals surface area (Å²) >= 11 is 3.38. The number of nitrogens with one attached hydrogen (secondary N) is 1. The number of nitrogens with two attached hydrogens (primary N) is 1. The first kappa shape index (κ1) is 12.7. The molecule has 6 heteroatoms. The van der Waals surface area contributed by atoms with Gasteiger partial charge in [-0.05, 0) is 40.2 Å². The van der Waals surface area contributed by atoms with Crippen LogP contribution in [0.2, 0.25) is 0 Å². The summed E-state index contributed by atoms with van der Waals surface area (Å²) in [5.74, 6) is 0.305. The number of nitrogen functional groups attached to an aromatic ring is 1. The Morgan fingerprint density at radius 3 is 2.85 bits per heavy atom. The lowest BCUT2D eigenvalue weighted by atomic mass is 10.2. The Balaban J connectivity index is 1.89. The molecule has 0 aliphatic carbocycles. The van der Waals surface area contributed by atoms with Crippen LogP contribution in [-0.2, 0) is 0 Å². The summed E-state index contributed by atoms with van der Waals surface area (Å²) in [4.78, 5) is 16.0. The second-order valence-corrected chi connectivity index (χ2v) is 5.05. The summed E-state index contributed by atoms with van der Waals surface area (Å²) in [5, 5.41) is 3.56. The fourth-order valence-electron chi connectivity index (χ4n) is 1.81. The van der Waals surface area contributed by atoms with Crippen LogP contribution in [-0.4, -0.2) is 10.9 Å². The molecule has 100 valence electrons. The Kier molecular flexibility index (Phi) is 3.15. The quantitative estimate of drug-likeness (QED) is 0.753. The normalized spacial score (nSPS) is 10.7. The molecule has 0 fully saturated rings. The van der Waals surface area contributed by atoms with Crippen LogP contribution in [0, 0.1) is 0 Å². The monoisotopic (exact) mass is 331 g/mol. The predicted octanol–water partition coefficient (Wildman–Crippen LogP) is 3.42. The zero-order valence-corrected chi connectivity index (χ0v) is 11.8. The van der Waals surface area contributed by atoms with Gasteiger partial charge in [0.2, 0.25) is 0 Å². The summed E-state index contributed by atoms with van der Waals surface area (Å²) in [6.45, 7) is 0. The number of para-hydroxylation sites is 1. The lowest BCUT2D eigenvalue weighted by Crippen LogP contribution is -2.11. The number of hydrogen-bond acceptors (Lipinski definition) is 4. The lowest BCUT2D eigenvalue weighted by Gasteiger charge is -2.02. The summed E-state index contributed by atoms with van der Waals surface area (Å²) in [6.07, 6.45) is 1.49. The Hall–Kier alpha value is -2.34. The van der Waals surface area contributed by atoms with E-state index in [0.717, 1.165) is 9.86 Å². The molecular formula is C14H10BrN3O2. The number of nitrogens with zero attached hydrogens (tertiary/aromatic N) is 1. The van der Waals surface area contributed by atoms with Crippen LogP contribution >= 0.6 is 15.9 Å². The van der Waals surface area contributed by atoms with Crippen molar-refractivity contribution in [2.45, 2.75) is 0 Å². The van der Waals surface area contributed by atoms with E-state index in [1.165, 1.54) is 6.20 Å². The Morgan fingerprint density at radius 1 is 1.30 bits per heavy atom. The topological polar surface area (TPSA) is 81.1 Å². The molecule has 1 aromatic carbocycles. The molecule has 2 heterocycles. The molecule has 20 heavy (non-hydrogen) atoms. The molecule has 0 radical (unpaired) electrons. The highest BCUT2D eigenvalue weighted by Crippen LogP contribution is 2.27. The largest absolute Gasteiger partial charge is 0.450 e. The number of anilines is 2. The van der Waals surface area contributed by atoms with Gasteiger partial charge in [0.1, 0.15) is 11.4 Å². The van der Waals surface area contributed by atoms with Gasteiger partial charge in [-0.1, -0.05) is 12.1 Å². The number of amides is 1. The number of furan rings is 1. The smallest absolute Gasteiger partial charge is 0.291 e. The molecule has 3 rings (SSSR count). The molecule has 0 bridgehead atoms. The van der Waals surface area contributed by atoms with E-state index in [0.29, 0.717) is 17.1 Å². The Morgan fingerprint density at radius 2 is 2.15 bits per heavy atom. The first-order valence-electron chi connectivity index (χ1n) is 5.84. The maximum atomic E-state index is 12.1. The molecule has 0 saturated carbocycles. The van der Waals surface area contributed by atoms with Crippen LogP contribution < -0.4 is 11.1 Å². The number of rotatable bonds is 2. The molecule has 5 nitrogen and oxygen atoms in total. The van der Waals surface area contributed by atoms with Crippen LogP contribution in [0.1, 0.15) is 10.6 Å². The minimum absolute atomic E-state index is 0.240. The average molecular weight is 332 g/mol. The third kappa shape index (κ3) is 2.37. The zero-order chi connectivity index (χ0) is 14.1. The van der Waals surface area contributed by atoms with Crippen molar-refractivity contribution in [1.82, 2.24) is 4.98 Å². The van der Waals surface area contributed by atoms with E-state index in [-0.39, 0.29) is 11.7 Å². The van der Waals surface area contributed by atoms with E-state index < -0.39 is 0 Å². The van der Waals surface area contributed by atoms with Crippen molar-refractivity contribution in [2.75, 3.05) is 11.1 Å². The second-order valence-electron chi connectivity index (χ2n) is 4.19. The molecule has 0 saturated heterocycles. The maximum absolute atomic E-state index is 12.1. The lowest BCUT2D eigenvalue weighted by molar-refractivity contribution is 0.0998. The first-order chi connectivity index (χ1) is 9.63. The van der Waals surface area contributed by atoms with Crippen molar-refractivity contribution in [1.29, 1.82) is 0 Å². The number of hydrogen-bond donors (Lipinski definition) is 2. The molecule has 0 unspecified atom stereocenters. The second kappa shape index (κ2) is 4.97. The van der Waals surface area contributed by atoms with Crippen molar-refractivity contribution in [2.24, 2.45) is 0 Å². The Bertz CT molecular complexity index is 781. The van der Waals surface area contributed by atoms with Crippen LogP contribution in [0.15, 0.2) is 51.5 Å². The number of pyridine rings is 1. The van der Waals surface area contributed by atoms with Crippen molar-refractivity contribution in [3.8, 4) is 0 Å². The summed E-state index contributed by atoms with van der Waals surface area (Å²) in [7, 11) is 0. The van der Waals surface area contributed by atoms with Crippen molar-refractivity contribution < 1.29 is 9.21 Å². The van der Waals surface area contributed by atoms with Crippen LogP contribution in [0.4, 0.5) is 11.5 Å². The number of fused-ring (bicyclic) bond motifs is 1. The third-order valence-electron chi connectivity index (χ3n) is 2.76. The zero-order valence-electron chi connectivity index (χ0n) is 10.3. The summed E-state index contributed by atoms with van der Waals surface area (Å²) in [6, 6.07) is 10.6. The van der Waals surface area contributed by atoms with Gasteiger partial charge in [0.15, 0.2) is 5.76 Å². The number of halogens is 1. The fourth-order valence-corrected chi connectivity index (χ4v) is 2.27. The van der Waals surface area contributed by atoms with Crippen molar-refractivity contribution in [3.05, 3.63) is 52.8 Å². The Labute approximate surface area is 122 Å². The molecule has 2 aromatic heterocycles. The average Bonchev–Trinajstić information content (AvgIpc) is 2.87. The molecule has 0 atom stereocenters. The SMILES string of the molecule is Nc1ccc(NC(=O)c2cc3cccc(Br)c3o2)cn1. The molecular weight excluding hydrogens is 322 g/mol. The number of aromatic nitrogens is 1. The van der Waals surface area contributed by atoms with E-state index in [1.54, 1.807) is 18.2 Å². The number of benzene rings is 1. The van der Waals surface area contributed by atoms with E-state index in [4.69, 9.17) is 10.2 Å². The van der Waals surface area contributed by atoms with Gasteiger partial charge in [0.25, 0.3) is 5.91 Å². The van der Waals surface area contributed by atoms with E-state index >= 15 is 0 Å². The van der Waals surface area contributed by atoms with E-state index in [9.17, 15) is 4.79 Å². The maximum Gasteiger partial charge on any atom is 0.291 e. The number of carbonyl (C=O) groups is 1. The highest BCUT2D eigenvalue weighted by molar-refractivity contribution is 9.10. The van der Waals surface area contributed by atoms with Crippen LogP contribution in [0.3, 0.4) is 0 Å². The standard InChI is InChI=1S/C14H10BrN3O2/c15-10-3-1-2-8-6-11(20-13(8)10)14(19)18-9-4-5-12(16)17-7-9/h1-7H,(H2,16,17)(H,18,19). The van der Waals surface area contributed by atoms with Gasteiger partial charge in [-0.15, -0.1) is 0 Å². The number of carbonyl (C=O) groups excluding carboxylic acids is 1. The molecule has 0 aliphatic rings. The molecule has 3 aromatic rings. The molecule has 0 aliphatic heterocycles. The molecule has 3 N–H and O–H groups in total. The van der Waals surface area contributed by atoms with Crippen molar-refractivity contribution in [3.63, 3.8) is 0 Å². The van der Waals surface area contributed by atoms with Crippen LogP contribution in [0.25, 0.3) is 11.0 Å². The first-order valence-corrected chi connectivity index (χ1v) is 6.64. The van der Waals surface area contributed by atoms with Crippen molar-refractivity contribution >= 4 is 44.3 Å². The van der Waals surface area contributed by atoms with Gasteiger partial charge >= 0.3 is 0 Å². The highest BCUT2D eigenvalue weighted by Gasteiger charge is 2.13. The van der Waals surface area contributed by atoms with Gasteiger partial charge < -0.3 is 15.5 Å². The van der Waals surface area contributed by atoms with Gasteiger partial charge in [0, 0.05) is 5.39 Å². The van der Waals surface area contributed by atoms with Gasteiger partial charge in [-0.2, -0.15) is 0 Å². The minimum Gasteiger partial charge on any atom is -0.450 e. The summed E-state index contributed by atoms with van der Waals surface area (Å²) in [5.41, 5.74) is 6.69. The molecule has 1 amide bonds. The third-order valence-corrected chi connectivity index (χ3v) is 3.39. The fraction of sp³-hybridized carbons (Fsp3) is 0. The summed E-state index contributed by atoms with van der Waals surface area (Å²) < 4.78 is 6.36. The highest BCUT2D eigenvalue weighted by atomic mass is 79.9.